The van der Waals surface area contributed by atoms with E-state index < -0.39 is 11.9 Å². The number of aliphatic carboxylic acids is 1. The lowest BCUT2D eigenvalue weighted by atomic mass is 9.95. The summed E-state index contributed by atoms with van der Waals surface area (Å²) in [6.45, 7) is 1.56. The smallest absolute Gasteiger partial charge is 0.304 e. The lowest BCUT2D eigenvalue weighted by molar-refractivity contribution is -0.137. The molecule has 0 saturated heterocycles. The number of hydrogen-bond acceptors (Lipinski definition) is 3. The van der Waals surface area contributed by atoms with E-state index in [1.807, 2.05) is 6.07 Å². The van der Waals surface area contributed by atoms with E-state index in [2.05, 4.69) is 0 Å². The zero-order valence-electron chi connectivity index (χ0n) is 8.80. The van der Waals surface area contributed by atoms with Crippen LogP contribution in [-0.2, 0) is 4.79 Å². The molecule has 0 aliphatic rings. The van der Waals surface area contributed by atoms with Gasteiger partial charge in [-0.25, -0.2) is 0 Å². The highest BCUT2D eigenvalue weighted by Crippen LogP contribution is 2.13. The first-order chi connectivity index (χ1) is 7.54. The molecule has 0 amide bonds. The highest BCUT2D eigenvalue weighted by atomic mass is 16.4. The fourth-order valence-electron chi connectivity index (χ4n) is 1.38. The molecular formula is C12H11NO3. The van der Waals surface area contributed by atoms with Crippen molar-refractivity contribution < 1.29 is 14.7 Å². The molecule has 1 atom stereocenters. The van der Waals surface area contributed by atoms with Crippen LogP contribution in [0.4, 0.5) is 0 Å². The van der Waals surface area contributed by atoms with E-state index in [-0.39, 0.29) is 12.2 Å². The minimum Gasteiger partial charge on any atom is -0.481 e. The molecule has 16 heavy (non-hydrogen) atoms. The van der Waals surface area contributed by atoms with E-state index >= 15 is 0 Å². The van der Waals surface area contributed by atoms with Gasteiger partial charge >= 0.3 is 5.97 Å². The van der Waals surface area contributed by atoms with Crippen LogP contribution in [0.3, 0.4) is 0 Å². The van der Waals surface area contributed by atoms with Crippen molar-refractivity contribution in [1.82, 2.24) is 0 Å². The first kappa shape index (κ1) is 11.9. The number of carbonyl (C=O) groups excluding carboxylic acids is 1. The molecule has 4 heteroatoms. The van der Waals surface area contributed by atoms with Crippen LogP contribution in [-0.4, -0.2) is 16.9 Å². The normalized spacial score (nSPS) is 11.5. The second-order valence-corrected chi connectivity index (χ2v) is 3.56. The Bertz CT molecular complexity index is 460. The number of rotatable bonds is 4. The standard InChI is InChI=1S/C12H11NO3/c1-8(5-11(14)15)12(16)10-4-2-3-9(6-10)7-13/h2-4,6,8H,5H2,1H3,(H,14,15). The van der Waals surface area contributed by atoms with Gasteiger partial charge in [0.2, 0.25) is 0 Å². The predicted molar refractivity (Wildman–Crippen MR) is 56.9 cm³/mol. The number of carboxylic acids is 1. The lowest BCUT2D eigenvalue weighted by Crippen LogP contribution is -2.15. The summed E-state index contributed by atoms with van der Waals surface area (Å²) < 4.78 is 0. The van der Waals surface area contributed by atoms with Crippen LogP contribution in [0, 0.1) is 17.2 Å². The molecule has 0 radical (unpaired) electrons. The maximum absolute atomic E-state index is 11.8. The zero-order chi connectivity index (χ0) is 12.1. The van der Waals surface area contributed by atoms with Crippen molar-refractivity contribution in [2.75, 3.05) is 0 Å². The molecule has 0 bridgehead atoms. The van der Waals surface area contributed by atoms with Crippen molar-refractivity contribution in [3.63, 3.8) is 0 Å². The molecular weight excluding hydrogens is 206 g/mol. The summed E-state index contributed by atoms with van der Waals surface area (Å²) in [5, 5.41) is 17.2. The maximum atomic E-state index is 11.8. The molecule has 1 rings (SSSR count). The third-order valence-corrected chi connectivity index (χ3v) is 2.20. The van der Waals surface area contributed by atoms with Gasteiger partial charge in [-0.05, 0) is 12.1 Å². The van der Waals surface area contributed by atoms with Gasteiger partial charge in [0.05, 0.1) is 18.1 Å². The predicted octanol–water partition coefficient (Wildman–Crippen LogP) is 1.85. The van der Waals surface area contributed by atoms with E-state index in [4.69, 9.17) is 10.4 Å². The second-order valence-electron chi connectivity index (χ2n) is 3.56. The Morgan fingerprint density at radius 3 is 2.75 bits per heavy atom. The Kier molecular flexibility index (Phi) is 3.78. The van der Waals surface area contributed by atoms with Crippen molar-refractivity contribution in [2.24, 2.45) is 5.92 Å². The largest absolute Gasteiger partial charge is 0.481 e. The van der Waals surface area contributed by atoms with Gasteiger partial charge in [-0.2, -0.15) is 5.26 Å². The van der Waals surface area contributed by atoms with Crippen LogP contribution >= 0.6 is 0 Å². The van der Waals surface area contributed by atoms with Gasteiger partial charge in [0.1, 0.15) is 0 Å². The molecule has 0 aromatic heterocycles. The van der Waals surface area contributed by atoms with Crippen LogP contribution in [0.5, 0.6) is 0 Å². The Morgan fingerprint density at radius 1 is 1.50 bits per heavy atom. The van der Waals surface area contributed by atoms with Crippen molar-refractivity contribution in [2.45, 2.75) is 13.3 Å². The molecule has 0 aliphatic heterocycles. The molecule has 1 unspecified atom stereocenters. The van der Waals surface area contributed by atoms with Crippen LogP contribution in [0.25, 0.3) is 0 Å². The maximum Gasteiger partial charge on any atom is 0.304 e. The summed E-state index contributed by atoms with van der Waals surface area (Å²) in [6, 6.07) is 8.20. The van der Waals surface area contributed by atoms with E-state index in [1.165, 1.54) is 6.07 Å². The third-order valence-electron chi connectivity index (χ3n) is 2.20. The first-order valence-corrected chi connectivity index (χ1v) is 4.80. The summed E-state index contributed by atoms with van der Waals surface area (Å²) in [6.07, 6.45) is -0.199. The second kappa shape index (κ2) is 5.08. The summed E-state index contributed by atoms with van der Waals surface area (Å²) in [5.41, 5.74) is 0.779. The molecule has 0 spiro atoms. The molecule has 0 aliphatic carbocycles. The lowest BCUT2D eigenvalue weighted by Gasteiger charge is -2.07. The third kappa shape index (κ3) is 2.92. The molecule has 0 fully saturated rings. The molecule has 82 valence electrons. The minimum atomic E-state index is -1.00. The van der Waals surface area contributed by atoms with Crippen molar-refractivity contribution in [3.05, 3.63) is 35.4 Å². The van der Waals surface area contributed by atoms with E-state index in [0.29, 0.717) is 11.1 Å². The Balaban J connectivity index is 2.88. The highest BCUT2D eigenvalue weighted by molar-refractivity contribution is 5.99. The van der Waals surface area contributed by atoms with E-state index in [1.54, 1.807) is 25.1 Å². The Hall–Kier alpha value is -2.15. The van der Waals surface area contributed by atoms with E-state index in [0.717, 1.165) is 0 Å². The summed E-state index contributed by atoms with van der Waals surface area (Å²) >= 11 is 0. The zero-order valence-corrected chi connectivity index (χ0v) is 8.80. The molecule has 0 heterocycles. The van der Waals surface area contributed by atoms with E-state index in [9.17, 15) is 9.59 Å². The molecule has 1 aromatic carbocycles. The van der Waals surface area contributed by atoms with Gasteiger partial charge in [-0.1, -0.05) is 19.1 Å². The quantitative estimate of drug-likeness (QED) is 0.780. The van der Waals surface area contributed by atoms with Crippen LogP contribution in [0.15, 0.2) is 24.3 Å². The van der Waals surface area contributed by atoms with Crippen molar-refractivity contribution >= 4 is 11.8 Å². The summed E-state index contributed by atoms with van der Waals surface area (Å²) in [4.78, 5) is 22.2. The van der Waals surface area contributed by atoms with Crippen LogP contribution < -0.4 is 0 Å². The van der Waals surface area contributed by atoms with Crippen molar-refractivity contribution in [1.29, 1.82) is 5.26 Å². The Labute approximate surface area is 93.1 Å². The van der Waals surface area contributed by atoms with Crippen LogP contribution in [0.1, 0.15) is 29.3 Å². The number of ketones is 1. The SMILES string of the molecule is CC(CC(=O)O)C(=O)c1cccc(C#N)c1. The fraction of sp³-hybridized carbons (Fsp3) is 0.250. The number of carboxylic acid groups (broad SMARTS) is 1. The molecule has 4 nitrogen and oxygen atoms in total. The number of nitrogens with zero attached hydrogens (tertiary/aromatic N) is 1. The fourth-order valence-corrected chi connectivity index (χ4v) is 1.38. The minimum absolute atomic E-state index is 0.199. The molecule has 0 saturated carbocycles. The Morgan fingerprint density at radius 2 is 2.19 bits per heavy atom. The average molecular weight is 217 g/mol. The van der Waals surface area contributed by atoms with Gasteiger partial charge in [-0.15, -0.1) is 0 Å². The summed E-state index contributed by atoms with van der Waals surface area (Å²) in [7, 11) is 0. The number of benzene rings is 1. The highest BCUT2D eigenvalue weighted by Gasteiger charge is 2.18. The van der Waals surface area contributed by atoms with Crippen molar-refractivity contribution in [3.8, 4) is 6.07 Å². The number of Topliss-reactive ketones (excluding diaryl/α,β-unsaturated/α-hetero) is 1. The van der Waals surface area contributed by atoms with Gasteiger partial charge in [0, 0.05) is 11.5 Å². The van der Waals surface area contributed by atoms with Gasteiger partial charge in [0.25, 0.3) is 0 Å². The number of carbonyl (C=O) groups is 2. The monoisotopic (exact) mass is 217 g/mol. The number of nitriles is 1. The summed E-state index contributed by atoms with van der Waals surface area (Å²) in [5.74, 6) is -1.83. The molecule has 1 N–H and O–H groups in total. The molecule has 1 aromatic rings. The number of hydrogen-bond donors (Lipinski definition) is 1. The van der Waals surface area contributed by atoms with Gasteiger partial charge < -0.3 is 5.11 Å². The van der Waals surface area contributed by atoms with Gasteiger partial charge in [-0.3, -0.25) is 9.59 Å². The van der Waals surface area contributed by atoms with Crippen LogP contribution in [0.2, 0.25) is 0 Å². The van der Waals surface area contributed by atoms with Gasteiger partial charge in [0.15, 0.2) is 5.78 Å². The topological polar surface area (TPSA) is 78.2 Å². The average Bonchev–Trinajstić information content (AvgIpc) is 2.27. The first-order valence-electron chi connectivity index (χ1n) is 4.80.